The van der Waals surface area contributed by atoms with Crippen LogP contribution in [-0.4, -0.2) is 91.1 Å². The summed E-state index contributed by atoms with van der Waals surface area (Å²) in [5, 5.41) is 13.3. The summed E-state index contributed by atoms with van der Waals surface area (Å²) < 4.78 is 29.5. The molecule has 3 heterocycles. The third-order valence-corrected chi connectivity index (χ3v) is 13.6. The standard InChI is InChI=1S/C29H52N4O3S/c1-5-27-30-17-28(31(27)4)37(35,36)32-15-6-7-16-33-25(18-32)29(26(33)19-34)23-13-11-22(12-14-23)24-10-8-9-20(2)21(24)3/h6-7,20-30,34H,5,8-19H2,1-4H3/b7-6-/t20?,21?,22?,23?,24?,25?,26-,27?,28?,29+/m1/s1. The molecule has 7 nitrogen and oxygen atoms in total. The van der Waals surface area contributed by atoms with Crippen molar-refractivity contribution in [3.05, 3.63) is 12.2 Å². The van der Waals surface area contributed by atoms with E-state index in [9.17, 15) is 13.5 Å². The monoisotopic (exact) mass is 536 g/mol. The predicted molar refractivity (Wildman–Crippen MR) is 149 cm³/mol. The average molecular weight is 537 g/mol. The van der Waals surface area contributed by atoms with E-state index >= 15 is 0 Å². The SMILES string of the molecule is CCC1NCC(S(=O)(=O)N2C/C=C\CN3C(C2)[C@H](C2CCC(C4CCCC(C)C4C)CC2)[C@H]3CO)N1C. The van der Waals surface area contributed by atoms with E-state index in [1.807, 2.05) is 18.0 Å². The van der Waals surface area contributed by atoms with Crippen LogP contribution in [0.3, 0.4) is 0 Å². The highest BCUT2D eigenvalue weighted by molar-refractivity contribution is 7.89. The number of fused-ring (bicyclic) bond motifs is 1. The van der Waals surface area contributed by atoms with Crippen LogP contribution >= 0.6 is 0 Å². The summed E-state index contributed by atoms with van der Waals surface area (Å²) in [5.74, 6) is 4.42. The summed E-state index contributed by atoms with van der Waals surface area (Å²) in [6.07, 6.45) is 14.4. The largest absolute Gasteiger partial charge is 0.395 e. The van der Waals surface area contributed by atoms with Crippen molar-refractivity contribution in [2.75, 3.05) is 39.8 Å². The van der Waals surface area contributed by atoms with Gasteiger partial charge < -0.3 is 5.11 Å². The highest BCUT2D eigenvalue weighted by Crippen LogP contribution is 2.49. The van der Waals surface area contributed by atoms with Crippen LogP contribution in [0, 0.1) is 35.5 Å². The molecule has 3 aliphatic heterocycles. The summed E-state index contributed by atoms with van der Waals surface area (Å²) in [4.78, 5) is 4.38. The molecule has 2 N–H and O–H groups in total. The number of likely N-dealkylation sites (N-methyl/N-ethyl adjacent to an activating group) is 1. The van der Waals surface area contributed by atoms with Gasteiger partial charge in [0.05, 0.1) is 12.8 Å². The fourth-order valence-corrected chi connectivity index (χ4v) is 10.8. The maximum Gasteiger partial charge on any atom is 0.232 e. The van der Waals surface area contributed by atoms with Gasteiger partial charge in [-0.05, 0) is 81.1 Å². The van der Waals surface area contributed by atoms with Crippen molar-refractivity contribution >= 4 is 10.0 Å². The molecule has 4 fully saturated rings. The van der Waals surface area contributed by atoms with Crippen LogP contribution in [-0.2, 0) is 10.0 Å². The van der Waals surface area contributed by atoms with Crippen molar-refractivity contribution in [3.63, 3.8) is 0 Å². The molecule has 0 aromatic heterocycles. The second kappa shape index (κ2) is 11.5. The smallest absolute Gasteiger partial charge is 0.232 e. The molecule has 0 spiro atoms. The highest BCUT2D eigenvalue weighted by Gasteiger charge is 2.53. The van der Waals surface area contributed by atoms with Gasteiger partial charge in [0.1, 0.15) is 5.37 Å². The Morgan fingerprint density at radius 3 is 2.38 bits per heavy atom. The number of rotatable bonds is 6. The summed E-state index contributed by atoms with van der Waals surface area (Å²) in [6.45, 7) is 9.50. The minimum Gasteiger partial charge on any atom is -0.395 e. The lowest BCUT2D eigenvalue weighted by atomic mass is 9.60. The van der Waals surface area contributed by atoms with Crippen LogP contribution in [0.5, 0.6) is 0 Å². The Morgan fingerprint density at radius 1 is 1.00 bits per heavy atom. The van der Waals surface area contributed by atoms with Gasteiger partial charge in [-0.3, -0.25) is 15.1 Å². The van der Waals surface area contributed by atoms with E-state index in [0.717, 1.165) is 36.6 Å². The van der Waals surface area contributed by atoms with Gasteiger partial charge in [-0.15, -0.1) is 0 Å². The van der Waals surface area contributed by atoms with E-state index in [-0.39, 0.29) is 24.9 Å². The van der Waals surface area contributed by atoms with E-state index in [4.69, 9.17) is 0 Å². The van der Waals surface area contributed by atoms with Crippen LogP contribution in [0.25, 0.3) is 0 Å². The number of hydrogen-bond donors (Lipinski definition) is 2. The minimum atomic E-state index is -3.47. The Kier molecular flexibility index (Phi) is 8.74. The fourth-order valence-electron chi connectivity index (χ4n) is 8.97. The molecule has 6 unspecified atom stereocenters. The van der Waals surface area contributed by atoms with Gasteiger partial charge >= 0.3 is 0 Å². The zero-order chi connectivity index (χ0) is 26.3. The number of nitrogens with zero attached hydrogens (tertiary/aromatic N) is 3. The van der Waals surface area contributed by atoms with Crippen LogP contribution < -0.4 is 5.32 Å². The number of sulfonamides is 1. The van der Waals surface area contributed by atoms with E-state index < -0.39 is 15.4 Å². The molecule has 5 rings (SSSR count). The molecule has 0 aromatic carbocycles. The first kappa shape index (κ1) is 28.0. The van der Waals surface area contributed by atoms with Crippen molar-refractivity contribution < 1.29 is 13.5 Å². The highest BCUT2D eigenvalue weighted by atomic mass is 32.2. The summed E-state index contributed by atoms with van der Waals surface area (Å²) >= 11 is 0. The fraction of sp³-hybridized carbons (Fsp3) is 0.931. The van der Waals surface area contributed by atoms with E-state index in [0.29, 0.717) is 31.5 Å². The topological polar surface area (TPSA) is 76.1 Å². The van der Waals surface area contributed by atoms with E-state index in [2.05, 4.69) is 37.1 Å². The van der Waals surface area contributed by atoms with Gasteiger partial charge in [0.2, 0.25) is 10.0 Å². The van der Waals surface area contributed by atoms with Crippen LogP contribution in [0.15, 0.2) is 12.2 Å². The Morgan fingerprint density at radius 2 is 1.70 bits per heavy atom. The predicted octanol–water partition coefficient (Wildman–Crippen LogP) is 3.33. The summed E-state index contributed by atoms with van der Waals surface area (Å²) in [7, 11) is -1.54. The van der Waals surface area contributed by atoms with Crippen molar-refractivity contribution in [2.45, 2.75) is 95.8 Å². The Balaban J connectivity index is 1.28. The Labute approximate surface area is 226 Å². The molecule has 2 saturated carbocycles. The number of hydrogen-bond acceptors (Lipinski definition) is 6. The minimum absolute atomic E-state index is 0.113. The maximum atomic E-state index is 13.9. The Bertz CT molecular complexity index is 905. The second-order valence-electron chi connectivity index (χ2n) is 13.0. The Hall–Kier alpha value is -0.510. The molecule has 37 heavy (non-hydrogen) atoms. The zero-order valence-electron chi connectivity index (χ0n) is 23.6. The number of aliphatic hydroxyl groups is 1. The van der Waals surface area contributed by atoms with Crippen molar-refractivity contribution in [1.29, 1.82) is 0 Å². The van der Waals surface area contributed by atoms with Gasteiger partial charge in [-0.2, -0.15) is 4.31 Å². The molecular formula is C29H52N4O3S. The van der Waals surface area contributed by atoms with E-state index in [1.54, 1.807) is 4.31 Å². The summed E-state index contributed by atoms with van der Waals surface area (Å²) in [6, 6.07) is 0.362. The second-order valence-corrected chi connectivity index (χ2v) is 15.1. The van der Waals surface area contributed by atoms with Crippen LogP contribution in [0.1, 0.15) is 72.1 Å². The lowest BCUT2D eigenvalue weighted by Crippen LogP contribution is -2.71. The molecule has 5 aliphatic rings. The molecule has 8 atom stereocenters. The van der Waals surface area contributed by atoms with Crippen LogP contribution in [0.2, 0.25) is 0 Å². The van der Waals surface area contributed by atoms with Crippen molar-refractivity contribution in [2.24, 2.45) is 35.5 Å². The van der Waals surface area contributed by atoms with Gasteiger partial charge in [0.15, 0.2) is 0 Å². The summed E-state index contributed by atoms with van der Waals surface area (Å²) in [5.41, 5.74) is 0. The molecule has 0 bridgehead atoms. The molecule has 2 aliphatic carbocycles. The number of aliphatic hydroxyl groups excluding tert-OH is 1. The molecule has 212 valence electrons. The van der Waals surface area contributed by atoms with Gasteiger partial charge in [-0.25, -0.2) is 8.42 Å². The van der Waals surface area contributed by atoms with Gasteiger partial charge in [-0.1, -0.05) is 45.8 Å². The zero-order valence-corrected chi connectivity index (χ0v) is 24.5. The van der Waals surface area contributed by atoms with Crippen molar-refractivity contribution in [1.82, 2.24) is 19.4 Å². The maximum absolute atomic E-state index is 13.9. The third kappa shape index (κ3) is 5.20. The first-order valence-corrected chi connectivity index (χ1v) is 16.7. The lowest BCUT2D eigenvalue weighted by Gasteiger charge is -2.59. The molecule has 0 radical (unpaired) electrons. The number of nitrogens with one attached hydrogen (secondary N) is 1. The van der Waals surface area contributed by atoms with Gasteiger partial charge in [0.25, 0.3) is 0 Å². The molecule has 0 aromatic rings. The van der Waals surface area contributed by atoms with Crippen molar-refractivity contribution in [3.8, 4) is 0 Å². The normalized spacial score (nSPS) is 45.5. The van der Waals surface area contributed by atoms with Crippen LogP contribution in [0.4, 0.5) is 0 Å². The molecule has 0 amide bonds. The van der Waals surface area contributed by atoms with Gasteiger partial charge in [0, 0.05) is 38.3 Å². The lowest BCUT2D eigenvalue weighted by molar-refractivity contribution is -0.114. The molecular weight excluding hydrogens is 484 g/mol. The van der Waals surface area contributed by atoms with E-state index in [1.165, 1.54) is 44.9 Å². The third-order valence-electron chi connectivity index (χ3n) is 11.4. The quantitative estimate of drug-likeness (QED) is 0.508. The average Bonchev–Trinajstić information content (AvgIpc) is 3.26. The first-order valence-electron chi connectivity index (χ1n) is 15.2. The molecule has 2 saturated heterocycles. The first-order chi connectivity index (χ1) is 17.8. The molecule has 8 heteroatoms.